The van der Waals surface area contributed by atoms with Crippen LogP contribution in [-0.2, 0) is 14.4 Å². The lowest BCUT2D eigenvalue weighted by Gasteiger charge is -2.32. The summed E-state index contributed by atoms with van der Waals surface area (Å²) >= 11 is 1.63. The second-order valence-electron chi connectivity index (χ2n) is 6.82. The van der Waals surface area contributed by atoms with Crippen LogP contribution in [0.5, 0.6) is 0 Å². The summed E-state index contributed by atoms with van der Waals surface area (Å²) in [6.45, 7) is 2.85. The van der Waals surface area contributed by atoms with E-state index < -0.39 is 23.7 Å². The maximum atomic E-state index is 12.4. The summed E-state index contributed by atoms with van der Waals surface area (Å²) in [5.41, 5.74) is 0.469. The summed E-state index contributed by atoms with van der Waals surface area (Å²) in [7, 11) is 0. The third-order valence-electron chi connectivity index (χ3n) is 4.92. The fourth-order valence-corrected chi connectivity index (χ4v) is 4.03. The molecule has 2 heterocycles. The number of likely N-dealkylation sites (tertiary alicyclic amines) is 1. The number of imide groups is 1. The molecule has 2 aliphatic heterocycles. The molecule has 1 unspecified atom stereocenters. The number of carbonyl (C=O) groups excluding carboxylic acids is 4. The summed E-state index contributed by atoms with van der Waals surface area (Å²) in [5.74, 6) is -1.48. The van der Waals surface area contributed by atoms with Crippen LogP contribution in [0.2, 0.25) is 0 Å². The number of carbonyl (C=O) groups is 4. The van der Waals surface area contributed by atoms with Crippen LogP contribution in [-0.4, -0.2) is 58.8 Å². The van der Waals surface area contributed by atoms with Crippen LogP contribution in [0.3, 0.4) is 0 Å². The van der Waals surface area contributed by atoms with Crippen molar-refractivity contribution in [3.63, 3.8) is 0 Å². The fourth-order valence-electron chi connectivity index (χ4n) is 3.38. The van der Waals surface area contributed by atoms with Gasteiger partial charge in [0.2, 0.25) is 5.91 Å². The van der Waals surface area contributed by atoms with E-state index in [1.165, 1.54) is 12.1 Å². The summed E-state index contributed by atoms with van der Waals surface area (Å²) < 4.78 is 0. The van der Waals surface area contributed by atoms with Crippen molar-refractivity contribution >= 4 is 35.5 Å². The van der Waals surface area contributed by atoms with Crippen molar-refractivity contribution in [2.75, 3.05) is 25.1 Å². The molecule has 0 aliphatic carbocycles. The number of fused-ring (bicyclic) bond motifs is 1. The van der Waals surface area contributed by atoms with E-state index >= 15 is 0 Å². The molecular weight excluding hydrogens is 368 g/mol. The number of thioether (sulfide) groups is 1. The van der Waals surface area contributed by atoms with Gasteiger partial charge in [-0.15, -0.1) is 0 Å². The molecule has 0 radical (unpaired) electrons. The van der Waals surface area contributed by atoms with Gasteiger partial charge in [-0.05, 0) is 31.2 Å². The van der Waals surface area contributed by atoms with E-state index in [9.17, 15) is 19.2 Å². The Morgan fingerprint density at radius 1 is 1.15 bits per heavy atom. The standard InChI is InChI=1S/C19H22N2O5S/c1-12(11-27-2)16(22)20-9-7-13(8-10-20)19(25)26-21-17(23)14-5-3-4-6-15(14)18(21)24/h3-6,12-13H,7-11H2,1-2H3. The first kappa shape index (κ1) is 19.4. The lowest BCUT2D eigenvalue weighted by atomic mass is 9.96. The van der Waals surface area contributed by atoms with Gasteiger partial charge in [0.1, 0.15) is 0 Å². The maximum Gasteiger partial charge on any atom is 0.336 e. The Kier molecular flexibility index (Phi) is 5.84. The molecule has 1 saturated heterocycles. The molecule has 1 aromatic carbocycles. The number of rotatable bonds is 5. The average molecular weight is 390 g/mol. The van der Waals surface area contributed by atoms with Crippen molar-refractivity contribution in [1.29, 1.82) is 0 Å². The van der Waals surface area contributed by atoms with Crippen molar-refractivity contribution in [2.24, 2.45) is 11.8 Å². The van der Waals surface area contributed by atoms with Crippen LogP contribution in [0.4, 0.5) is 0 Å². The monoisotopic (exact) mass is 390 g/mol. The Hall–Kier alpha value is -2.35. The van der Waals surface area contributed by atoms with Gasteiger partial charge in [-0.1, -0.05) is 24.1 Å². The normalized spacial score (nSPS) is 18.4. The Labute approximate surface area is 162 Å². The van der Waals surface area contributed by atoms with E-state index in [1.807, 2.05) is 13.2 Å². The van der Waals surface area contributed by atoms with Crippen molar-refractivity contribution in [2.45, 2.75) is 19.8 Å². The molecule has 0 spiro atoms. The molecule has 1 aromatic rings. The molecular formula is C19H22N2O5S. The van der Waals surface area contributed by atoms with E-state index in [4.69, 9.17) is 4.84 Å². The van der Waals surface area contributed by atoms with E-state index in [-0.39, 0.29) is 23.0 Å². The number of hydroxylamine groups is 2. The first-order valence-electron chi connectivity index (χ1n) is 8.91. The summed E-state index contributed by atoms with van der Waals surface area (Å²) in [5, 5.41) is 0.547. The third-order valence-corrected chi connectivity index (χ3v) is 5.75. The maximum absolute atomic E-state index is 12.4. The predicted molar refractivity (Wildman–Crippen MR) is 99.9 cm³/mol. The molecule has 0 bridgehead atoms. The highest BCUT2D eigenvalue weighted by Crippen LogP contribution is 2.26. The quantitative estimate of drug-likeness (QED) is 0.715. The summed E-state index contributed by atoms with van der Waals surface area (Å²) in [6.07, 6.45) is 2.88. The third kappa shape index (κ3) is 3.85. The molecule has 1 fully saturated rings. The van der Waals surface area contributed by atoms with Crippen LogP contribution in [0.15, 0.2) is 24.3 Å². The first-order valence-corrected chi connectivity index (χ1v) is 10.3. The molecule has 144 valence electrons. The minimum atomic E-state index is -0.623. The van der Waals surface area contributed by atoms with Crippen LogP contribution in [0.1, 0.15) is 40.5 Å². The molecule has 1 atom stereocenters. The second-order valence-corrected chi connectivity index (χ2v) is 7.73. The van der Waals surface area contributed by atoms with Crippen LogP contribution in [0.25, 0.3) is 0 Å². The topological polar surface area (TPSA) is 84.0 Å². The smallest absolute Gasteiger partial charge is 0.336 e. The van der Waals surface area contributed by atoms with Crippen LogP contribution < -0.4 is 0 Å². The number of benzene rings is 1. The molecule has 7 nitrogen and oxygen atoms in total. The number of amides is 3. The van der Waals surface area contributed by atoms with Gasteiger partial charge in [-0.25, -0.2) is 4.79 Å². The number of piperidine rings is 1. The van der Waals surface area contributed by atoms with E-state index in [2.05, 4.69) is 0 Å². The largest absolute Gasteiger partial charge is 0.342 e. The van der Waals surface area contributed by atoms with Crippen molar-refractivity contribution in [1.82, 2.24) is 9.96 Å². The van der Waals surface area contributed by atoms with Gasteiger partial charge >= 0.3 is 5.97 Å². The van der Waals surface area contributed by atoms with Crippen LogP contribution >= 0.6 is 11.8 Å². The molecule has 2 aliphatic rings. The van der Waals surface area contributed by atoms with Crippen molar-refractivity contribution in [3.8, 4) is 0 Å². The van der Waals surface area contributed by atoms with Gasteiger partial charge in [0.05, 0.1) is 17.0 Å². The Bertz CT molecular complexity index is 738. The molecule has 8 heteroatoms. The lowest BCUT2D eigenvalue weighted by Crippen LogP contribution is -2.44. The zero-order valence-corrected chi connectivity index (χ0v) is 16.2. The fraction of sp³-hybridized carbons (Fsp3) is 0.474. The Morgan fingerprint density at radius 3 is 2.22 bits per heavy atom. The highest BCUT2D eigenvalue weighted by molar-refractivity contribution is 7.98. The first-order chi connectivity index (χ1) is 12.9. The number of hydrogen-bond donors (Lipinski definition) is 0. The Balaban J connectivity index is 1.56. The molecule has 27 heavy (non-hydrogen) atoms. The van der Waals surface area contributed by atoms with Crippen molar-refractivity contribution in [3.05, 3.63) is 35.4 Å². The zero-order valence-electron chi connectivity index (χ0n) is 15.3. The minimum Gasteiger partial charge on any atom is -0.342 e. The predicted octanol–water partition coefficient (Wildman–Crippen LogP) is 1.98. The van der Waals surface area contributed by atoms with Gasteiger partial charge in [-0.2, -0.15) is 11.8 Å². The Morgan fingerprint density at radius 2 is 1.70 bits per heavy atom. The summed E-state index contributed by atoms with van der Waals surface area (Å²) in [6, 6.07) is 6.37. The zero-order chi connectivity index (χ0) is 19.6. The average Bonchev–Trinajstić information content (AvgIpc) is 2.93. The van der Waals surface area contributed by atoms with Gasteiger partial charge in [0.25, 0.3) is 11.8 Å². The SMILES string of the molecule is CSCC(C)C(=O)N1CCC(C(=O)ON2C(=O)c3ccccc3C2=O)CC1. The highest BCUT2D eigenvalue weighted by Gasteiger charge is 2.40. The molecule has 0 aromatic heterocycles. The number of nitrogens with zero attached hydrogens (tertiary/aromatic N) is 2. The van der Waals surface area contributed by atoms with Gasteiger partial charge in [0, 0.05) is 24.8 Å². The lowest BCUT2D eigenvalue weighted by molar-refractivity contribution is -0.175. The van der Waals surface area contributed by atoms with Crippen LogP contribution in [0, 0.1) is 11.8 Å². The van der Waals surface area contributed by atoms with Gasteiger partial charge in [-0.3, -0.25) is 14.4 Å². The van der Waals surface area contributed by atoms with Crippen molar-refractivity contribution < 1.29 is 24.0 Å². The van der Waals surface area contributed by atoms with E-state index in [0.29, 0.717) is 31.0 Å². The number of hydrogen-bond acceptors (Lipinski definition) is 6. The van der Waals surface area contributed by atoms with Gasteiger partial charge < -0.3 is 9.74 Å². The minimum absolute atomic E-state index is 0.0538. The molecule has 0 saturated carbocycles. The molecule has 0 N–H and O–H groups in total. The molecule has 3 amide bonds. The van der Waals surface area contributed by atoms with E-state index in [0.717, 1.165) is 5.75 Å². The van der Waals surface area contributed by atoms with E-state index in [1.54, 1.807) is 28.8 Å². The van der Waals surface area contributed by atoms with Gasteiger partial charge in [0.15, 0.2) is 0 Å². The second kappa shape index (κ2) is 8.12. The highest BCUT2D eigenvalue weighted by atomic mass is 32.2. The molecule has 3 rings (SSSR count). The summed E-state index contributed by atoms with van der Waals surface area (Å²) in [4.78, 5) is 56.2.